The van der Waals surface area contributed by atoms with E-state index in [4.69, 9.17) is 12.2 Å². The summed E-state index contributed by atoms with van der Waals surface area (Å²) in [5.41, 5.74) is 1.31. The van der Waals surface area contributed by atoms with Gasteiger partial charge in [-0.3, -0.25) is 4.79 Å². The number of nitrogens with one attached hydrogen (secondary N) is 1. The number of rotatable bonds is 5. The average molecular weight is 352 g/mol. The Balaban J connectivity index is 1.99. The molecule has 1 aliphatic rings. The van der Waals surface area contributed by atoms with E-state index in [0.717, 1.165) is 36.8 Å². The lowest BCUT2D eigenvalue weighted by molar-refractivity contribution is -0.140. The first-order valence-electron chi connectivity index (χ1n) is 8.75. The van der Waals surface area contributed by atoms with Crippen LogP contribution in [0.15, 0.2) is 18.3 Å². The summed E-state index contributed by atoms with van der Waals surface area (Å²) in [5, 5.41) is 4.12. The predicted octanol–water partition coefficient (Wildman–Crippen LogP) is 3.02. The number of carbonyl (C=O) groups is 1. The van der Waals surface area contributed by atoms with E-state index < -0.39 is 0 Å². The predicted molar refractivity (Wildman–Crippen MR) is 99.7 cm³/mol. The molecule has 1 fully saturated rings. The molecule has 0 saturated carbocycles. The molecule has 1 saturated heterocycles. The number of aryl methyl sites for hydroxylation is 1. The van der Waals surface area contributed by atoms with Crippen molar-refractivity contribution < 1.29 is 9.53 Å². The highest BCUT2D eigenvalue weighted by atomic mass is 32.1. The summed E-state index contributed by atoms with van der Waals surface area (Å²) in [4.78, 5) is 13.5. The number of esters is 1. The molecule has 134 valence electrons. The lowest BCUT2D eigenvalue weighted by Gasteiger charge is -2.33. The molecule has 5 nitrogen and oxygen atoms in total. The van der Waals surface area contributed by atoms with Crippen molar-refractivity contribution >= 4 is 23.3 Å². The lowest BCUT2D eigenvalue weighted by Crippen LogP contribution is -2.42. The number of likely N-dealkylation sites (tertiary alicyclic amines) is 1. The van der Waals surface area contributed by atoms with Gasteiger partial charge in [0, 0.05) is 38.4 Å². The fourth-order valence-corrected chi connectivity index (χ4v) is 3.58. The van der Waals surface area contributed by atoms with Crippen LogP contribution in [0.1, 0.15) is 50.8 Å². The monoisotopic (exact) mass is 351 g/mol. The molecule has 24 heavy (non-hydrogen) atoms. The number of aromatic nitrogens is 1. The number of ether oxygens (including phenoxy) is 1. The standard InChI is InChI=1S/C18H29N3O2S/c1-14-8-9-16(15-6-5-12-20(15)2)21(13-10-14)18(24)19-11-4-7-17(22)23-3/h5-6,12,14,16H,4,7-11,13H2,1-3H3,(H,19,24). The van der Waals surface area contributed by atoms with Gasteiger partial charge in [-0.1, -0.05) is 6.92 Å². The molecule has 2 heterocycles. The van der Waals surface area contributed by atoms with E-state index in [1.54, 1.807) is 0 Å². The molecular formula is C18H29N3O2S. The summed E-state index contributed by atoms with van der Waals surface area (Å²) in [7, 11) is 3.51. The summed E-state index contributed by atoms with van der Waals surface area (Å²) >= 11 is 5.66. The van der Waals surface area contributed by atoms with Crippen LogP contribution in [0, 0.1) is 5.92 Å². The maximum Gasteiger partial charge on any atom is 0.305 e. The van der Waals surface area contributed by atoms with Crippen LogP contribution in [-0.2, 0) is 16.6 Å². The summed E-state index contributed by atoms with van der Waals surface area (Å²) in [5.74, 6) is 0.549. The molecule has 1 aromatic heterocycles. The number of methoxy groups -OCH3 is 1. The van der Waals surface area contributed by atoms with E-state index in [2.05, 4.69) is 51.8 Å². The molecule has 2 rings (SSSR count). The maximum absolute atomic E-state index is 11.2. The highest BCUT2D eigenvalue weighted by Crippen LogP contribution is 2.32. The van der Waals surface area contributed by atoms with E-state index in [-0.39, 0.29) is 5.97 Å². The molecule has 1 aromatic rings. The van der Waals surface area contributed by atoms with Crippen LogP contribution >= 0.6 is 12.2 Å². The summed E-state index contributed by atoms with van der Waals surface area (Å²) in [6.45, 7) is 3.98. The Bertz CT molecular complexity index is 558. The van der Waals surface area contributed by atoms with E-state index in [0.29, 0.717) is 19.0 Å². The Kier molecular flexibility index (Phi) is 7.09. The maximum atomic E-state index is 11.2. The third kappa shape index (κ3) is 4.97. The largest absolute Gasteiger partial charge is 0.469 e. The second kappa shape index (κ2) is 9.06. The quantitative estimate of drug-likeness (QED) is 0.502. The minimum atomic E-state index is -0.173. The van der Waals surface area contributed by atoms with Crippen molar-refractivity contribution in [3.63, 3.8) is 0 Å². The third-order valence-corrected chi connectivity index (χ3v) is 5.20. The van der Waals surface area contributed by atoms with Crippen LogP contribution in [0.5, 0.6) is 0 Å². The average Bonchev–Trinajstić information content (AvgIpc) is 2.89. The van der Waals surface area contributed by atoms with Gasteiger partial charge in [-0.05, 0) is 56.0 Å². The first-order chi connectivity index (χ1) is 11.5. The molecule has 0 radical (unpaired) electrons. The topological polar surface area (TPSA) is 46.5 Å². The van der Waals surface area contributed by atoms with Crippen molar-refractivity contribution in [1.29, 1.82) is 0 Å². The Morgan fingerprint density at radius 2 is 2.21 bits per heavy atom. The zero-order valence-electron chi connectivity index (χ0n) is 15.0. The Morgan fingerprint density at radius 3 is 2.88 bits per heavy atom. The van der Waals surface area contributed by atoms with E-state index in [1.165, 1.54) is 19.2 Å². The molecule has 0 aromatic carbocycles. The van der Waals surface area contributed by atoms with E-state index in [1.807, 2.05) is 0 Å². The first-order valence-corrected chi connectivity index (χ1v) is 9.16. The van der Waals surface area contributed by atoms with Gasteiger partial charge in [0.1, 0.15) is 0 Å². The van der Waals surface area contributed by atoms with Crippen LogP contribution in [0.2, 0.25) is 0 Å². The fraction of sp³-hybridized carbons (Fsp3) is 0.667. The van der Waals surface area contributed by atoms with Crippen LogP contribution in [0.4, 0.5) is 0 Å². The summed E-state index contributed by atoms with van der Waals surface area (Å²) < 4.78 is 6.86. The second-order valence-electron chi connectivity index (χ2n) is 6.64. The lowest BCUT2D eigenvalue weighted by atomic mass is 10.0. The van der Waals surface area contributed by atoms with Gasteiger partial charge in [-0.25, -0.2) is 0 Å². The molecule has 0 amide bonds. The van der Waals surface area contributed by atoms with Gasteiger partial charge in [0.05, 0.1) is 13.2 Å². The first kappa shape index (κ1) is 18.8. The highest BCUT2D eigenvalue weighted by Gasteiger charge is 2.28. The third-order valence-electron chi connectivity index (χ3n) is 4.82. The fourth-order valence-electron chi connectivity index (χ4n) is 3.26. The van der Waals surface area contributed by atoms with Crippen molar-refractivity contribution in [2.45, 2.75) is 45.1 Å². The normalized spacial score (nSPS) is 21.2. The van der Waals surface area contributed by atoms with Gasteiger partial charge in [0.2, 0.25) is 0 Å². The summed E-state index contributed by atoms with van der Waals surface area (Å²) in [6, 6.07) is 4.60. The van der Waals surface area contributed by atoms with Crippen molar-refractivity contribution in [2.75, 3.05) is 20.2 Å². The van der Waals surface area contributed by atoms with Gasteiger partial charge in [-0.15, -0.1) is 0 Å². The van der Waals surface area contributed by atoms with Gasteiger partial charge >= 0.3 is 5.97 Å². The molecule has 1 N–H and O–H groups in total. The molecule has 2 unspecified atom stereocenters. The van der Waals surface area contributed by atoms with Gasteiger partial charge in [0.15, 0.2) is 5.11 Å². The summed E-state index contributed by atoms with van der Waals surface area (Å²) in [6.07, 6.45) is 6.73. The number of hydrogen-bond acceptors (Lipinski definition) is 3. The Labute approximate surface area is 150 Å². The van der Waals surface area contributed by atoms with Crippen LogP contribution < -0.4 is 5.32 Å². The molecule has 6 heteroatoms. The van der Waals surface area contributed by atoms with Gasteiger partial charge in [-0.2, -0.15) is 0 Å². The van der Waals surface area contributed by atoms with Crippen LogP contribution in [-0.4, -0.2) is 40.7 Å². The van der Waals surface area contributed by atoms with E-state index >= 15 is 0 Å². The second-order valence-corrected chi connectivity index (χ2v) is 7.02. The molecule has 0 bridgehead atoms. The number of nitrogens with zero attached hydrogens (tertiary/aromatic N) is 2. The molecule has 1 aliphatic heterocycles. The van der Waals surface area contributed by atoms with Crippen molar-refractivity contribution in [3.8, 4) is 0 Å². The minimum absolute atomic E-state index is 0.173. The van der Waals surface area contributed by atoms with Crippen molar-refractivity contribution in [2.24, 2.45) is 13.0 Å². The molecule has 2 atom stereocenters. The smallest absolute Gasteiger partial charge is 0.305 e. The SMILES string of the molecule is COC(=O)CCCNC(=S)N1CCC(C)CCC1c1cccn1C. The number of carbonyl (C=O) groups excluding carboxylic acids is 1. The van der Waals surface area contributed by atoms with Gasteiger partial charge in [0.25, 0.3) is 0 Å². The molecular weight excluding hydrogens is 322 g/mol. The minimum Gasteiger partial charge on any atom is -0.469 e. The van der Waals surface area contributed by atoms with Gasteiger partial charge < -0.3 is 19.5 Å². The number of thiocarbonyl (C=S) groups is 1. The van der Waals surface area contributed by atoms with Crippen LogP contribution in [0.25, 0.3) is 0 Å². The Morgan fingerprint density at radius 1 is 1.42 bits per heavy atom. The Hall–Kier alpha value is -1.56. The van der Waals surface area contributed by atoms with E-state index in [9.17, 15) is 4.79 Å². The highest BCUT2D eigenvalue weighted by molar-refractivity contribution is 7.80. The zero-order valence-corrected chi connectivity index (χ0v) is 15.8. The number of hydrogen-bond donors (Lipinski definition) is 1. The van der Waals surface area contributed by atoms with Crippen molar-refractivity contribution in [1.82, 2.24) is 14.8 Å². The molecule has 0 spiro atoms. The van der Waals surface area contributed by atoms with Crippen LogP contribution in [0.3, 0.4) is 0 Å². The zero-order chi connectivity index (χ0) is 17.5. The molecule has 0 aliphatic carbocycles. The van der Waals surface area contributed by atoms with Crippen molar-refractivity contribution in [3.05, 3.63) is 24.0 Å².